The van der Waals surface area contributed by atoms with Gasteiger partial charge >= 0.3 is 0 Å². The lowest BCUT2D eigenvalue weighted by Gasteiger charge is -2.62. The Morgan fingerprint density at radius 2 is 1.83 bits per heavy atom. The van der Waals surface area contributed by atoms with Crippen LogP contribution in [0.25, 0.3) is 0 Å². The van der Waals surface area contributed by atoms with E-state index in [1.165, 1.54) is 0 Å². The summed E-state index contributed by atoms with van der Waals surface area (Å²) < 4.78 is 0. The quantitative estimate of drug-likeness (QED) is 0.659. The van der Waals surface area contributed by atoms with E-state index >= 15 is 0 Å². The Morgan fingerprint density at radius 1 is 1.21 bits per heavy atom. The van der Waals surface area contributed by atoms with E-state index in [-0.39, 0.29) is 16.9 Å². The minimum absolute atomic E-state index is 0.0667. The molecule has 1 heterocycles. The summed E-state index contributed by atoms with van der Waals surface area (Å²) in [7, 11) is 1.64. The highest BCUT2D eigenvalue weighted by molar-refractivity contribution is 5.93. The van der Waals surface area contributed by atoms with Crippen molar-refractivity contribution in [1.29, 1.82) is 0 Å². The maximum atomic E-state index is 11.6. The van der Waals surface area contributed by atoms with Gasteiger partial charge in [-0.2, -0.15) is 0 Å². The summed E-state index contributed by atoms with van der Waals surface area (Å²) in [5, 5.41) is 6.03. The van der Waals surface area contributed by atoms with Gasteiger partial charge in [0.2, 0.25) is 0 Å². The summed E-state index contributed by atoms with van der Waals surface area (Å²) in [6.45, 7) is 13.7. The molecule has 0 spiro atoms. The third-order valence-electron chi connectivity index (χ3n) is 5.33. The normalized spacial score (nSPS) is 18.8. The van der Waals surface area contributed by atoms with Crippen LogP contribution in [0.4, 0.5) is 0 Å². The van der Waals surface area contributed by atoms with Gasteiger partial charge in [-0.05, 0) is 38.5 Å². The van der Waals surface area contributed by atoms with Crippen LogP contribution in [-0.4, -0.2) is 42.4 Å². The molecule has 1 fully saturated rings. The molecule has 1 amide bonds. The van der Waals surface area contributed by atoms with Crippen molar-refractivity contribution in [3.05, 3.63) is 35.4 Å². The van der Waals surface area contributed by atoms with Crippen molar-refractivity contribution >= 4 is 11.9 Å². The second kappa shape index (κ2) is 6.83. The van der Waals surface area contributed by atoms with E-state index in [0.29, 0.717) is 12.1 Å². The molecule has 0 unspecified atom stereocenters. The first kappa shape index (κ1) is 18.3. The third-order valence-corrected chi connectivity index (χ3v) is 5.33. The maximum absolute atomic E-state index is 11.6. The first-order valence-corrected chi connectivity index (χ1v) is 8.60. The number of nitrogens with zero attached hydrogens (tertiary/aromatic N) is 2. The predicted molar refractivity (Wildman–Crippen MR) is 99.2 cm³/mol. The minimum atomic E-state index is -0.0667. The highest BCUT2D eigenvalue weighted by Gasteiger charge is 2.53. The summed E-state index contributed by atoms with van der Waals surface area (Å²) in [5.74, 6) is 0.889. The van der Waals surface area contributed by atoms with Crippen LogP contribution in [0.5, 0.6) is 0 Å². The second-order valence-corrected chi connectivity index (χ2v) is 7.48. The number of hydrogen-bond acceptors (Lipinski definition) is 2. The van der Waals surface area contributed by atoms with Crippen molar-refractivity contribution in [1.82, 2.24) is 15.5 Å². The predicted octanol–water partition coefficient (Wildman–Crippen LogP) is 2.63. The smallest absolute Gasteiger partial charge is 0.251 e. The Kier molecular flexibility index (Phi) is 5.21. The molecule has 132 valence electrons. The Hall–Kier alpha value is -2.04. The molecule has 2 rings (SSSR count). The molecule has 0 atom stereocenters. The molecule has 2 N–H and O–H groups in total. The van der Waals surface area contributed by atoms with Crippen LogP contribution in [0.1, 0.15) is 50.5 Å². The largest absolute Gasteiger partial charge is 0.356 e. The standard InChI is InChI=1S/C19H30N4O/c1-7-21-17(23-13-18(2,3)19(23,4)5)22-12-14-8-10-15(11-9-14)16(24)20-6/h8-11H,7,12-13H2,1-6H3,(H,20,24)(H,21,22). The molecule has 1 aliphatic heterocycles. The first-order chi connectivity index (χ1) is 11.2. The Labute approximate surface area is 145 Å². The monoisotopic (exact) mass is 330 g/mol. The van der Waals surface area contributed by atoms with Crippen LogP contribution in [0.15, 0.2) is 29.3 Å². The summed E-state index contributed by atoms with van der Waals surface area (Å²) in [6.07, 6.45) is 0. The van der Waals surface area contributed by atoms with Crippen molar-refractivity contribution in [3.63, 3.8) is 0 Å². The van der Waals surface area contributed by atoms with E-state index < -0.39 is 0 Å². The van der Waals surface area contributed by atoms with E-state index in [1.807, 2.05) is 24.3 Å². The lowest BCUT2D eigenvalue weighted by atomic mass is 9.65. The maximum Gasteiger partial charge on any atom is 0.251 e. The topological polar surface area (TPSA) is 56.7 Å². The molecule has 5 nitrogen and oxygen atoms in total. The molecule has 1 aromatic rings. The average molecular weight is 330 g/mol. The van der Waals surface area contributed by atoms with Crippen LogP contribution in [0, 0.1) is 5.41 Å². The molecule has 0 saturated carbocycles. The van der Waals surface area contributed by atoms with Crippen molar-refractivity contribution in [2.45, 2.75) is 46.7 Å². The van der Waals surface area contributed by atoms with Crippen molar-refractivity contribution < 1.29 is 4.79 Å². The van der Waals surface area contributed by atoms with Crippen LogP contribution in [0.2, 0.25) is 0 Å². The number of carbonyl (C=O) groups excluding carboxylic acids is 1. The average Bonchev–Trinajstić information content (AvgIpc) is 2.56. The highest BCUT2D eigenvalue weighted by atomic mass is 16.1. The summed E-state index contributed by atoms with van der Waals surface area (Å²) in [6, 6.07) is 7.60. The summed E-state index contributed by atoms with van der Waals surface area (Å²) in [5.41, 5.74) is 2.12. The molecule has 5 heteroatoms. The highest BCUT2D eigenvalue weighted by Crippen LogP contribution is 2.46. The van der Waals surface area contributed by atoms with Gasteiger partial charge in [0.25, 0.3) is 5.91 Å². The molecular weight excluding hydrogens is 300 g/mol. The van der Waals surface area contributed by atoms with E-state index in [1.54, 1.807) is 7.05 Å². The Bertz CT molecular complexity index is 617. The molecule has 0 aromatic heterocycles. The van der Waals surface area contributed by atoms with Gasteiger partial charge in [0.05, 0.1) is 6.54 Å². The van der Waals surface area contributed by atoms with Crippen LogP contribution < -0.4 is 10.6 Å². The van der Waals surface area contributed by atoms with Crippen LogP contribution in [-0.2, 0) is 6.54 Å². The van der Waals surface area contributed by atoms with E-state index in [2.05, 4.69) is 50.2 Å². The number of carbonyl (C=O) groups is 1. The van der Waals surface area contributed by atoms with Gasteiger partial charge in [-0.1, -0.05) is 26.0 Å². The summed E-state index contributed by atoms with van der Waals surface area (Å²) >= 11 is 0. The van der Waals surface area contributed by atoms with Gasteiger partial charge in [-0.3, -0.25) is 4.79 Å². The fraction of sp³-hybridized carbons (Fsp3) is 0.579. The van der Waals surface area contributed by atoms with Crippen molar-refractivity contribution in [2.24, 2.45) is 10.4 Å². The third kappa shape index (κ3) is 3.40. The van der Waals surface area contributed by atoms with Crippen molar-refractivity contribution in [2.75, 3.05) is 20.1 Å². The molecule has 0 bridgehead atoms. The molecular formula is C19H30N4O. The molecule has 1 aliphatic rings. The van der Waals surface area contributed by atoms with Crippen molar-refractivity contribution in [3.8, 4) is 0 Å². The molecule has 1 aromatic carbocycles. The number of aliphatic imine (C=N–C) groups is 1. The SMILES string of the molecule is CCNC(=NCc1ccc(C(=O)NC)cc1)N1CC(C)(C)C1(C)C. The Morgan fingerprint density at radius 3 is 2.29 bits per heavy atom. The molecule has 0 radical (unpaired) electrons. The van der Waals surface area contributed by atoms with E-state index in [4.69, 9.17) is 4.99 Å². The van der Waals surface area contributed by atoms with Gasteiger partial charge in [0.1, 0.15) is 0 Å². The number of benzene rings is 1. The first-order valence-electron chi connectivity index (χ1n) is 8.60. The minimum Gasteiger partial charge on any atom is -0.356 e. The van der Waals surface area contributed by atoms with Gasteiger partial charge in [-0.25, -0.2) is 4.99 Å². The van der Waals surface area contributed by atoms with Gasteiger partial charge < -0.3 is 15.5 Å². The Balaban J connectivity index is 2.11. The molecule has 24 heavy (non-hydrogen) atoms. The molecule has 0 aliphatic carbocycles. The number of amides is 1. The molecule has 1 saturated heterocycles. The lowest BCUT2D eigenvalue weighted by molar-refractivity contribution is -0.0667. The number of nitrogens with one attached hydrogen (secondary N) is 2. The zero-order valence-corrected chi connectivity index (χ0v) is 15.7. The fourth-order valence-corrected chi connectivity index (χ4v) is 2.87. The van der Waals surface area contributed by atoms with Crippen LogP contribution in [0.3, 0.4) is 0 Å². The summed E-state index contributed by atoms with van der Waals surface area (Å²) in [4.78, 5) is 18.7. The second-order valence-electron chi connectivity index (χ2n) is 7.48. The van der Waals surface area contributed by atoms with E-state index in [9.17, 15) is 4.79 Å². The van der Waals surface area contributed by atoms with Gasteiger partial charge in [0, 0.05) is 36.7 Å². The fourth-order valence-electron chi connectivity index (χ4n) is 2.87. The van der Waals surface area contributed by atoms with Gasteiger partial charge in [0.15, 0.2) is 5.96 Å². The van der Waals surface area contributed by atoms with Crippen LogP contribution >= 0.6 is 0 Å². The number of likely N-dealkylation sites (tertiary alicyclic amines) is 1. The number of guanidine groups is 1. The zero-order valence-electron chi connectivity index (χ0n) is 15.7. The number of hydrogen-bond donors (Lipinski definition) is 2. The lowest BCUT2D eigenvalue weighted by Crippen LogP contribution is -2.72. The van der Waals surface area contributed by atoms with Gasteiger partial charge in [-0.15, -0.1) is 0 Å². The van der Waals surface area contributed by atoms with E-state index in [0.717, 1.165) is 24.6 Å². The number of rotatable bonds is 4. The zero-order chi connectivity index (χ0) is 18.0.